The van der Waals surface area contributed by atoms with Crippen LogP contribution in [0.15, 0.2) is 102 Å². The molecule has 0 fully saturated rings. The largest absolute Gasteiger partial charge is 0.480 e. The summed E-state index contributed by atoms with van der Waals surface area (Å²) in [6, 6.07) is 22.7. The van der Waals surface area contributed by atoms with Crippen LogP contribution < -0.4 is 19.9 Å². The lowest BCUT2D eigenvalue weighted by atomic mass is 10.0. The molecule has 0 bridgehead atoms. The van der Waals surface area contributed by atoms with E-state index in [0.717, 1.165) is 11.3 Å². The first kappa shape index (κ1) is 29.4. The van der Waals surface area contributed by atoms with Crippen LogP contribution >= 0.6 is 11.9 Å². The normalized spacial score (nSPS) is 12.2. The maximum absolute atomic E-state index is 14.8. The number of aromatic nitrogens is 2. The Balaban J connectivity index is 1.58. The number of rotatable bonds is 11. The Morgan fingerprint density at radius 2 is 1.76 bits per heavy atom. The first-order valence-corrected chi connectivity index (χ1v) is 13.1. The van der Waals surface area contributed by atoms with Gasteiger partial charge in [0, 0.05) is 35.2 Å². The number of alkyl halides is 3. The molecule has 2 aromatic carbocycles. The highest BCUT2D eigenvalue weighted by atomic mass is 32.2. The molecular weight excluding hydrogens is 558 g/mol. The van der Waals surface area contributed by atoms with E-state index in [-0.39, 0.29) is 35.3 Å². The summed E-state index contributed by atoms with van der Waals surface area (Å²) < 4.78 is 66.2. The molecule has 0 unspecified atom stereocenters. The Morgan fingerprint density at radius 3 is 2.41 bits per heavy atom. The van der Waals surface area contributed by atoms with Crippen molar-refractivity contribution in [2.24, 2.45) is 10.7 Å². The molecule has 3 N–H and O–H groups in total. The Morgan fingerprint density at radius 1 is 1.05 bits per heavy atom. The van der Waals surface area contributed by atoms with Gasteiger partial charge in [-0.2, -0.15) is 13.2 Å². The molecule has 7 nitrogen and oxygen atoms in total. The Labute approximate surface area is 238 Å². The quantitative estimate of drug-likeness (QED) is 0.112. The van der Waals surface area contributed by atoms with Crippen LogP contribution in [0.1, 0.15) is 5.56 Å². The van der Waals surface area contributed by atoms with Crippen molar-refractivity contribution in [1.29, 1.82) is 0 Å². The summed E-state index contributed by atoms with van der Waals surface area (Å²) in [5, 5.41) is 0. The number of hydrogen-bond donors (Lipinski definition) is 2. The predicted octanol–water partition coefficient (Wildman–Crippen LogP) is 6.96. The zero-order valence-corrected chi connectivity index (χ0v) is 22.5. The lowest BCUT2D eigenvalue weighted by Gasteiger charge is -2.14. The van der Waals surface area contributed by atoms with Gasteiger partial charge >= 0.3 is 6.18 Å². The summed E-state index contributed by atoms with van der Waals surface area (Å²) in [6.45, 7) is -0.0309. The summed E-state index contributed by atoms with van der Waals surface area (Å²) in [7, 11) is 1.32. The van der Waals surface area contributed by atoms with Crippen molar-refractivity contribution in [1.82, 2.24) is 9.97 Å². The number of aliphatic imine (C=N–C) groups is 1. The fourth-order valence-corrected chi connectivity index (χ4v) is 4.15. The molecule has 0 spiro atoms. The van der Waals surface area contributed by atoms with E-state index in [0.29, 0.717) is 23.2 Å². The molecule has 2 heterocycles. The minimum atomic E-state index is -4.38. The lowest BCUT2D eigenvalue weighted by Crippen LogP contribution is -2.15. The standard InChI is InChI=1S/C29H25F4N5O2S/c1-39-28-24(38-41-18-29(31,32)33)14-20(16-35-28)27-23(30)12-13-25(37-27)40-17-21(15-34)26(19-8-4-2-5-9-19)36-22-10-6-3-7-11-22/h2-16,38H,17-18,34H2,1H3/b21-15-,36-26?. The highest BCUT2D eigenvalue weighted by molar-refractivity contribution is 8.00. The number of para-hydroxylation sites is 1. The van der Waals surface area contributed by atoms with Crippen LogP contribution in [0.3, 0.4) is 0 Å². The maximum Gasteiger partial charge on any atom is 0.399 e. The van der Waals surface area contributed by atoms with Gasteiger partial charge in [0.1, 0.15) is 29.6 Å². The van der Waals surface area contributed by atoms with Crippen LogP contribution in [0.2, 0.25) is 0 Å². The number of hydrogen-bond acceptors (Lipinski definition) is 8. The zero-order valence-electron chi connectivity index (χ0n) is 21.7. The van der Waals surface area contributed by atoms with Crippen molar-refractivity contribution in [3.63, 3.8) is 0 Å². The van der Waals surface area contributed by atoms with E-state index in [1.54, 1.807) is 0 Å². The van der Waals surface area contributed by atoms with E-state index in [1.807, 2.05) is 60.7 Å². The minimum Gasteiger partial charge on any atom is -0.480 e. The van der Waals surface area contributed by atoms with Crippen molar-refractivity contribution in [2.75, 3.05) is 24.2 Å². The second kappa shape index (κ2) is 13.7. The Hall–Kier alpha value is -4.58. The fourth-order valence-electron chi connectivity index (χ4n) is 3.62. The van der Waals surface area contributed by atoms with Crippen LogP contribution in [-0.2, 0) is 0 Å². The third-order valence-corrected chi connectivity index (χ3v) is 6.32. The van der Waals surface area contributed by atoms with Gasteiger partial charge in [-0.1, -0.05) is 48.5 Å². The van der Waals surface area contributed by atoms with Gasteiger partial charge in [0.05, 0.1) is 18.5 Å². The van der Waals surface area contributed by atoms with E-state index < -0.39 is 17.7 Å². The summed E-state index contributed by atoms with van der Waals surface area (Å²) in [5.74, 6) is -1.69. The zero-order chi connectivity index (χ0) is 29.2. The predicted molar refractivity (Wildman–Crippen MR) is 153 cm³/mol. The number of halogens is 4. The third-order valence-electron chi connectivity index (χ3n) is 5.48. The first-order chi connectivity index (χ1) is 19.8. The minimum absolute atomic E-state index is 0.0309. The molecule has 0 aliphatic heterocycles. The summed E-state index contributed by atoms with van der Waals surface area (Å²) in [4.78, 5) is 13.1. The smallest absolute Gasteiger partial charge is 0.399 e. The fraction of sp³-hybridized carbons (Fsp3) is 0.138. The van der Waals surface area contributed by atoms with Crippen molar-refractivity contribution >= 4 is 29.0 Å². The van der Waals surface area contributed by atoms with Gasteiger partial charge in [-0.3, -0.25) is 0 Å². The molecule has 4 aromatic rings. The van der Waals surface area contributed by atoms with Crippen molar-refractivity contribution in [3.8, 4) is 23.0 Å². The van der Waals surface area contributed by atoms with Crippen LogP contribution in [0.25, 0.3) is 11.3 Å². The van der Waals surface area contributed by atoms with Gasteiger partial charge in [0.2, 0.25) is 11.8 Å². The average Bonchev–Trinajstić information content (AvgIpc) is 2.98. The molecule has 0 saturated carbocycles. The molecule has 4 rings (SSSR count). The van der Waals surface area contributed by atoms with Gasteiger partial charge in [-0.05, 0) is 36.2 Å². The summed E-state index contributed by atoms with van der Waals surface area (Å²) in [6.07, 6.45) is -1.68. The van der Waals surface area contributed by atoms with E-state index >= 15 is 0 Å². The van der Waals surface area contributed by atoms with E-state index in [9.17, 15) is 17.6 Å². The molecule has 41 heavy (non-hydrogen) atoms. The molecule has 0 radical (unpaired) electrons. The average molecular weight is 584 g/mol. The van der Waals surface area contributed by atoms with E-state index in [1.165, 1.54) is 37.7 Å². The molecule has 0 aliphatic carbocycles. The maximum atomic E-state index is 14.8. The Kier molecular flexibility index (Phi) is 9.80. The molecule has 0 amide bonds. The highest BCUT2D eigenvalue weighted by Crippen LogP contribution is 2.32. The van der Waals surface area contributed by atoms with Gasteiger partial charge in [0.25, 0.3) is 0 Å². The van der Waals surface area contributed by atoms with Crippen LogP contribution in [0.5, 0.6) is 11.8 Å². The molecule has 0 saturated heterocycles. The monoisotopic (exact) mass is 583 g/mol. The molecular formula is C29H25F4N5O2S. The number of nitrogens with one attached hydrogen (secondary N) is 1. The summed E-state index contributed by atoms with van der Waals surface area (Å²) >= 11 is 0.406. The SMILES string of the molecule is COc1ncc(-c2nc(OC/C(=C/N)C(=Nc3ccccc3)c3ccccc3)ccc2F)cc1NSCC(F)(F)F. The number of methoxy groups -OCH3 is 1. The molecule has 12 heteroatoms. The number of ether oxygens (including phenoxy) is 2. The number of anilines is 1. The first-order valence-electron chi connectivity index (χ1n) is 12.2. The second-order valence-electron chi connectivity index (χ2n) is 8.41. The van der Waals surface area contributed by atoms with Gasteiger partial charge in [-0.25, -0.2) is 19.4 Å². The topological polar surface area (TPSA) is 94.7 Å². The molecule has 0 atom stereocenters. The number of pyridine rings is 2. The number of benzene rings is 2. The summed E-state index contributed by atoms with van der Waals surface area (Å²) in [5.41, 5.74) is 8.89. The van der Waals surface area contributed by atoms with Gasteiger partial charge in [0.15, 0.2) is 0 Å². The van der Waals surface area contributed by atoms with Gasteiger partial charge < -0.3 is 19.9 Å². The second-order valence-corrected chi connectivity index (χ2v) is 9.19. The van der Waals surface area contributed by atoms with Crippen LogP contribution in [0.4, 0.5) is 28.9 Å². The van der Waals surface area contributed by atoms with Crippen molar-refractivity contribution < 1.29 is 27.0 Å². The lowest BCUT2D eigenvalue weighted by molar-refractivity contribution is -0.105. The molecule has 0 aliphatic rings. The third kappa shape index (κ3) is 8.21. The van der Waals surface area contributed by atoms with E-state index in [2.05, 4.69) is 14.7 Å². The number of nitrogens with two attached hydrogens (primary N) is 1. The van der Waals surface area contributed by atoms with Crippen LogP contribution in [0, 0.1) is 5.82 Å². The number of nitrogens with zero attached hydrogens (tertiary/aromatic N) is 3. The van der Waals surface area contributed by atoms with Crippen molar-refractivity contribution in [3.05, 3.63) is 108 Å². The molecule has 212 valence electrons. The highest BCUT2D eigenvalue weighted by Gasteiger charge is 2.27. The van der Waals surface area contributed by atoms with Gasteiger partial charge in [-0.15, -0.1) is 0 Å². The Bertz CT molecular complexity index is 1520. The van der Waals surface area contributed by atoms with Crippen LogP contribution in [-0.4, -0.2) is 41.3 Å². The van der Waals surface area contributed by atoms with Crippen molar-refractivity contribution in [2.45, 2.75) is 6.18 Å². The molecule has 2 aromatic heterocycles. The van der Waals surface area contributed by atoms with E-state index in [4.69, 9.17) is 20.2 Å².